The molecule has 1 saturated carbocycles. The van der Waals surface area contributed by atoms with Crippen LogP contribution in [0.2, 0.25) is 0 Å². The van der Waals surface area contributed by atoms with Crippen LogP contribution >= 0.6 is 0 Å². The summed E-state index contributed by atoms with van der Waals surface area (Å²) in [4.78, 5) is 29.5. The van der Waals surface area contributed by atoms with Gasteiger partial charge in [-0.05, 0) is 44.4 Å². The number of carbonyl (C=O) groups excluding carboxylic acids is 2. The van der Waals surface area contributed by atoms with Crippen molar-refractivity contribution in [2.24, 2.45) is 11.3 Å². The van der Waals surface area contributed by atoms with E-state index >= 15 is 0 Å². The minimum atomic E-state index is -0.348. The molecule has 7 heteroatoms. The van der Waals surface area contributed by atoms with Crippen molar-refractivity contribution in [2.45, 2.75) is 103 Å². The largest absolute Gasteiger partial charge is 0.423 e. The molecule has 0 bridgehead atoms. The molecular formula is C25H40N4O3. The van der Waals surface area contributed by atoms with Crippen LogP contribution in [-0.2, 0) is 9.59 Å². The summed E-state index contributed by atoms with van der Waals surface area (Å²) in [6.07, 6.45) is 11.6. The average Bonchev–Trinajstić information content (AvgIpc) is 3.49. The Kier molecular flexibility index (Phi) is 7.21. The highest BCUT2D eigenvalue weighted by Gasteiger charge is 2.35. The van der Waals surface area contributed by atoms with Crippen molar-refractivity contribution in [3.05, 3.63) is 11.8 Å². The highest BCUT2D eigenvalue weighted by molar-refractivity contribution is 5.81. The predicted molar refractivity (Wildman–Crippen MR) is 122 cm³/mol. The molecule has 178 valence electrons. The lowest BCUT2D eigenvalue weighted by molar-refractivity contribution is -0.140. The molecule has 0 N–H and O–H groups in total. The highest BCUT2D eigenvalue weighted by atomic mass is 16.4. The van der Waals surface area contributed by atoms with E-state index < -0.39 is 0 Å². The van der Waals surface area contributed by atoms with E-state index in [1.54, 1.807) is 0 Å². The van der Waals surface area contributed by atoms with Gasteiger partial charge in [0.2, 0.25) is 23.6 Å². The van der Waals surface area contributed by atoms with Crippen molar-refractivity contribution >= 4 is 11.8 Å². The fourth-order valence-corrected chi connectivity index (χ4v) is 5.61. The Morgan fingerprint density at radius 2 is 1.56 bits per heavy atom. The second-order valence-corrected chi connectivity index (χ2v) is 11.1. The van der Waals surface area contributed by atoms with E-state index in [1.807, 2.05) is 30.6 Å². The Morgan fingerprint density at radius 1 is 0.906 bits per heavy atom. The molecule has 0 radical (unpaired) electrons. The smallest absolute Gasteiger partial charge is 0.238 e. The summed E-state index contributed by atoms with van der Waals surface area (Å²) in [5, 5.41) is 8.77. The molecule has 0 spiro atoms. The van der Waals surface area contributed by atoms with Gasteiger partial charge in [-0.3, -0.25) is 9.59 Å². The summed E-state index contributed by atoms with van der Waals surface area (Å²) in [7, 11) is 0. The van der Waals surface area contributed by atoms with Crippen molar-refractivity contribution in [1.29, 1.82) is 0 Å². The van der Waals surface area contributed by atoms with Crippen LogP contribution in [-0.4, -0.2) is 51.4 Å². The summed E-state index contributed by atoms with van der Waals surface area (Å²) in [6, 6.07) is -0.0800. The predicted octanol–water partition coefficient (Wildman–Crippen LogP) is 4.85. The molecule has 1 aromatic heterocycles. The lowest BCUT2D eigenvalue weighted by Gasteiger charge is -2.35. The summed E-state index contributed by atoms with van der Waals surface area (Å²) >= 11 is 0. The lowest BCUT2D eigenvalue weighted by atomic mass is 9.91. The summed E-state index contributed by atoms with van der Waals surface area (Å²) < 4.78 is 6.16. The zero-order valence-electron chi connectivity index (χ0n) is 20.1. The van der Waals surface area contributed by atoms with E-state index in [-0.39, 0.29) is 29.2 Å². The molecule has 7 nitrogen and oxygen atoms in total. The third-order valence-electron chi connectivity index (χ3n) is 7.58. The SMILES string of the molecule is CC(C)(C)C(=O)N1CCC(c2nnc([C@@H]3CCCCN3C(=O)CCC3CCCC3)o2)CC1. The Morgan fingerprint density at radius 3 is 2.25 bits per heavy atom. The summed E-state index contributed by atoms with van der Waals surface area (Å²) in [5.41, 5.74) is -0.348. The molecule has 3 fully saturated rings. The van der Waals surface area contributed by atoms with E-state index in [0.29, 0.717) is 18.2 Å². The first-order valence-electron chi connectivity index (χ1n) is 12.7. The van der Waals surface area contributed by atoms with Gasteiger partial charge >= 0.3 is 0 Å². The number of aromatic nitrogens is 2. The van der Waals surface area contributed by atoms with Gasteiger partial charge in [0.05, 0.1) is 0 Å². The minimum absolute atomic E-state index is 0.0800. The van der Waals surface area contributed by atoms with Crippen molar-refractivity contribution in [2.75, 3.05) is 19.6 Å². The zero-order valence-corrected chi connectivity index (χ0v) is 20.1. The molecule has 1 atom stereocenters. The van der Waals surface area contributed by atoms with E-state index in [2.05, 4.69) is 10.2 Å². The first kappa shape index (κ1) is 23.2. The molecule has 4 rings (SSSR count). The second-order valence-electron chi connectivity index (χ2n) is 11.1. The van der Waals surface area contributed by atoms with Crippen molar-refractivity contribution < 1.29 is 14.0 Å². The third kappa shape index (κ3) is 5.34. The normalized spacial score (nSPS) is 23.7. The van der Waals surface area contributed by atoms with Gasteiger partial charge in [0.25, 0.3) is 0 Å². The quantitative estimate of drug-likeness (QED) is 0.649. The first-order chi connectivity index (χ1) is 15.3. The number of carbonyl (C=O) groups is 2. The number of hydrogen-bond donors (Lipinski definition) is 0. The maximum absolute atomic E-state index is 13.0. The van der Waals surface area contributed by atoms with E-state index in [4.69, 9.17) is 4.42 Å². The van der Waals surface area contributed by atoms with Crippen LogP contribution < -0.4 is 0 Å². The molecule has 2 amide bonds. The monoisotopic (exact) mass is 444 g/mol. The van der Waals surface area contributed by atoms with Crippen molar-refractivity contribution in [1.82, 2.24) is 20.0 Å². The molecule has 2 aliphatic heterocycles. The molecule has 1 aliphatic carbocycles. The maximum atomic E-state index is 13.0. The molecule has 32 heavy (non-hydrogen) atoms. The van der Waals surface area contributed by atoms with Gasteiger partial charge in [-0.15, -0.1) is 10.2 Å². The molecule has 1 aromatic rings. The van der Waals surface area contributed by atoms with Gasteiger partial charge < -0.3 is 14.2 Å². The molecule has 0 aromatic carbocycles. The van der Waals surface area contributed by atoms with E-state index in [9.17, 15) is 9.59 Å². The molecular weight excluding hydrogens is 404 g/mol. The molecule has 3 aliphatic rings. The van der Waals surface area contributed by atoms with Gasteiger partial charge in [-0.1, -0.05) is 46.5 Å². The van der Waals surface area contributed by atoms with Crippen molar-refractivity contribution in [3.8, 4) is 0 Å². The van der Waals surface area contributed by atoms with Gasteiger partial charge in [0.1, 0.15) is 6.04 Å². The molecule has 0 unspecified atom stereocenters. The van der Waals surface area contributed by atoms with Crippen LogP contribution in [0, 0.1) is 11.3 Å². The molecule has 3 heterocycles. The summed E-state index contributed by atoms with van der Waals surface area (Å²) in [6.45, 7) is 8.16. The Balaban J connectivity index is 1.35. The van der Waals surface area contributed by atoms with Gasteiger partial charge in [-0.25, -0.2) is 0 Å². The van der Waals surface area contributed by atoms with E-state index in [0.717, 1.165) is 64.1 Å². The van der Waals surface area contributed by atoms with Gasteiger partial charge in [0, 0.05) is 37.4 Å². The van der Waals surface area contributed by atoms with E-state index in [1.165, 1.54) is 25.7 Å². The van der Waals surface area contributed by atoms with Gasteiger partial charge in [0.15, 0.2) is 0 Å². The first-order valence-corrected chi connectivity index (χ1v) is 12.7. The Hall–Kier alpha value is -1.92. The van der Waals surface area contributed by atoms with Crippen molar-refractivity contribution in [3.63, 3.8) is 0 Å². The van der Waals surface area contributed by atoms with Crippen LogP contribution in [0.3, 0.4) is 0 Å². The van der Waals surface area contributed by atoms with Crippen LogP contribution in [0.5, 0.6) is 0 Å². The number of amides is 2. The summed E-state index contributed by atoms with van der Waals surface area (Å²) in [5.74, 6) is 2.64. The van der Waals surface area contributed by atoms with Crippen LogP contribution in [0.1, 0.15) is 115 Å². The number of piperidine rings is 2. The molecule has 2 saturated heterocycles. The lowest BCUT2D eigenvalue weighted by Crippen LogP contribution is -2.43. The fourth-order valence-electron chi connectivity index (χ4n) is 5.61. The Bertz CT molecular complexity index is 785. The standard InChI is InChI=1S/C25H40N4O3/c1-25(2,3)24(31)28-16-13-19(14-17-28)22-26-27-23(32-22)20-10-6-7-15-29(20)21(30)12-11-18-8-4-5-9-18/h18-20H,4-17H2,1-3H3/t20-/m0/s1. The van der Waals surface area contributed by atoms with Gasteiger partial charge in [-0.2, -0.15) is 0 Å². The highest BCUT2D eigenvalue weighted by Crippen LogP contribution is 2.35. The Labute approximate surface area is 192 Å². The topological polar surface area (TPSA) is 79.5 Å². The minimum Gasteiger partial charge on any atom is -0.423 e. The second kappa shape index (κ2) is 9.92. The number of nitrogens with zero attached hydrogens (tertiary/aromatic N) is 4. The number of likely N-dealkylation sites (tertiary alicyclic amines) is 2. The van der Waals surface area contributed by atoms with Crippen LogP contribution in [0.25, 0.3) is 0 Å². The average molecular weight is 445 g/mol. The van der Waals surface area contributed by atoms with Crippen LogP contribution in [0.4, 0.5) is 0 Å². The van der Waals surface area contributed by atoms with Crippen LogP contribution in [0.15, 0.2) is 4.42 Å². The number of rotatable bonds is 5. The fraction of sp³-hybridized carbons (Fsp3) is 0.840. The zero-order chi connectivity index (χ0) is 22.7. The number of hydrogen-bond acceptors (Lipinski definition) is 5. The third-order valence-corrected chi connectivity index (χ3v) is 7.58. The maximum Gasteiger partial charge on any atom is 0.238 e.